The van der Waals surface area contributed by atoms with Crippen molar-refractivity contribution in [2.75, 3.05) is 0 Å². The molecule has 3 nitrogen and oxygen atoms in total. The summed E-state index contributed by atoms with van der Waals surface area (Å²) >= 11 is 14.2. The highest BCUT2D eigenvalue weighted by Crippen LogP contribution is 2.38. The van der Waals surface area contributed by atoms with E-state index in [4.69, 9.17) is 16.0 Å². The van der Waals surface area contributed by atoms with Crippen molar-refractivity contribution in [1.82, 2.24) is 10.2 Å². The maximum Gasteiger partial charge on any atom is 0.257 e. The molecule has 0 spiro atoms. The maximum absolute atomic E-state index is 5.83. The third-order valence-corrected chi connectivity index (χ3v) is 5.07. The lowest BCUT2D eigenvalue weighted by Crippen LogP contribution is -1.81. The normalized spacial score (nSPS) is 13.1. The van der Waals surface area contributed by atoms with Crippen LogP contribution in [0, 0.1) is 0 Å². The summed E-state index contributed by atoms with van der Waals surface area (Å²) in [6, 6.07) is 1.92. The molecule has 0 saturated carbocycles. The fourth-order valence-corrected chi connectivity index (χ4v) is 2.99. The first kappa shape index (κ1) is 11.6. The van der Waals surface area contributed by atoms with Gasteiger partial charge in [-0.25, -0.2) is 0 Å². The number of rotatable bonds is 2. The number of alkyl halides is 1. The van der Waals surface area contributed by atoms with Crippen molar-refractivity contribution < 1.29 is 4.42 Å². The summed E-state index contributed by atoms with van der Waals surface area (Å²) in [6.07, 6.45) is 0. The first-order valence-electron chi connectivity index (χ1n) is 4.00. The molecule has 1 atom stereocenters. The van der Waals surface area contributed by atoms with Gasteiger partial charge < -0.3 is 4.42 Å². The smallest absolute Gasteiger partial charge is 0.257 e. The number of hydrogen-bond donors (Lipinski definition) is 0. The fourth-order valence-electron chi connectivity index (χ4n) is 0.947. The van der Waals surface area contributed by atoms with Crippen LogP contribution in [-0.4, -0.2) is 10.2 Å². The van der Waals surface area contributed by atoms with Crippen LogP contribution in [0.5, 0.6) is 0 Å². The third kappa shape index (κ3) is 2.43. The van der Waals surface area contributed by atoms with Gasteiger partial charge in [-0.3, -0.25) is 0 Å². The molecule has 0 N–H and O–H groups in total. The molecule has 0 aromatic carbocycles. The minimum atomic E-state index is -0.266. The molecular weight excluding hydrogens is 367 g/mol. The lowest BCUT2D eigenvalue weighted by molar-refractivity contribution is 0.508. The van der Waals surface area contributed by atoms with E-state index in [0.29, 0.717) is 11.8 Å². The third-order valence-electron chi connectivity index (χ3n) is 1.64. The highest BCUT2D eigenvalue weighted by Gasteiger charge is 2.15. The van der Waals surface area contributed by atoms with Crippen LogP contribution in [0.25, 0.3) is 10.8 Å². The predicted molar refractivity (Wildman–Crippen MR) is 67.3 cm³/mol. The Bertz CT molecular complexity index is 463. The van der Waals surface area contributed by atoms with Gasteiger partial charge in [-0.05, 0) is 44.8 Å². The monoisotopic (exact) mass is 370 g/mol. The summed E-state index contributed by atoms with van der Waals surface area (Å²) < 4.78 is 7.38. The van der Waals surface area contributed by atoms with Crippen molar-refractivity contribution in [3.63, 3.8) is 0 Å². The molecule has 0 amide bonds. The Balaban J connectivity index is 2.37. The average Bonchev–Trinajstić information content (AvgIpc) is 2.74. The van der Waals surface area contributed by atoms with Crippen LogP contribution in [0.3, 0.4) is 0 Å². The van der Waals surface area contributed by atoms with E-state index < -0.39 is 0 Å². The standard InChI is InChI=1S/C8H5Br2ClN2OS/c1-3(11)7-12-13-8(14-7)5-2-4(9)6(10)15-5/h2-3H,1H3. The molecule has 0 saturated heterocycles. The molecule has 80 valence electrons. The fraction of sp³-hybridized carbons (Fsp3) is 0.250. The highest BCUT2D eigenvalue weighted by molar-refractivity contribution is 9.13. The number of thiophene rings is 1. The molecule has 2 heterocycles. The molecule has 0 aliphatic rings. The largest absolute Gasteiger partial charge is 0.418 e. The van der Waals surface area contributed by atoms with E-state index in [1.165, 1.54) is 11.3 Å². The van der Waals surface area contributed by atoms with Gasteiger partial charge in [0.05, 0.1) is 8.66 Å². The van der Waals surface area contributed by atoms with Gasteiger partial charge in [-0.15, -0.1) is 33.1 Å². The number of aromatic nitrogens is 2. The molecule has 7 heteroatoms. The van der Waals surface area contributed by atoms with Gasteiger partial charge in [0, 0.05) is 4.47 Å². The summed E-state index contributed by atoms with van der Waals surface area (Å²) in [5.74, 6) is 0.932. The van der Waals surface area contributed by atoms with Crippen LogP contribution in [0.4, 0.5) is 0 Å². The molecule has 2 rings (SSSR count). The van der Waals surface area contributed by atoms with Gasteiger partial charge in [-0.1, -0.05) is 0 Å². The SMILES string of the molecule is CC(Cl)c1nnc(-c2cc(Br)c(Br)s2)o1. The zero-order chi connectivity index (χ0) is 11.0. The Morgan fingerprint density at radius 2 is 2.20 bits per heavy atom. The summed E-state index contributed by atoms with van der Waals surface area (Å²) in [6.45, 7) is 1.79. The topological polar surface area (TPSA) is 38.9 Å². The summed E-state index contributed by atoms with van der Waals surface area (Å²) in [7, 11) is 0. The van der Waals surface area contributed by atoms with E-state index in [9.17, 15) is 0 Å². The van der Waals surface area contributed by atoms with E-state index in [0.717, 1.165) is 13.1 Å². The van der Waals surface area contributed by atoms with Crippen LogP contribution in [0.2, 0.25) is 0 Å². The van der Waals surface area contributed by atoms with E-state index in [1.54, 1.807) is 6.92 Å². The van der Waals surface area contributed by atoms with E-state index in [1.807, 2.05) is 6.07 Å². The molecule has 1 unspecified atom stereocenters. The van der Waals surface area contributed by atoms with Crippen molar-refractivity contribution in [1.29, 1.82) is 0 Å². The molecule has 0 aliphatic heterocycles. The number of halogens is 3. The Labute approximate surface area is 112 Å². The Kier molecular flexibility index (Phi) is 3.49. The second kappa shape index (κ2) is 4.53. The molecule has 2 aromatic heterocycles. The van der Waals surface area contributed by atoms with Gasteiger partial charge >= 0.3 is 0 Å². The molecule has 0 aliphatic carbocycles. The average molecular weight is 372 g/mol. The van der Waals surface area contributed by atoms with Crippen LogP contribution in [-0.2, 0) is 0 Å². The zero-order valence-corrected chi connectivity index (χ0v) is 12.2. The van der Waals surface area contributed by atoms with Crippen molar-refractivity contribution in [3.05, 3.63) is 20.2 Å². The predicted octanol–water partition coefficient (Wildman–Crippen LogP) is 4.62. The van der Waals surface area contributed by atoms with E-state index in [-0.39, 0.29) is 5.38 Å². The van der Waals surface area contributed by atoms with Crippen LogP contribution < -0.4 is 0 Å². The number of nitrogens with zero attached hydrogens (tertiary/aromatic N) is 2. The second-order valence-corrected chi connectivity index (χ2v) is 6.67. The quantitative estimate of drug-likeness (QED) is 0.722. The van der Waals surface area contributed by atoms with Gasteiger partial charge in [-0.2, -0.15) is 0 Å². The Morgan fingerprint density at radius 3 is 2.67 bits per heavy atom. The van der Waals surface area contributed by atoms with E-state index >= 15 is 0 Å². The Morgan fingerprint density at radius 1 is 1.47 bits per heavy atom. The molecule has 0 fully saturated rings. The summed E-state index contributed by atoms with van der Waals surface area (Å²) in [4.78, 5) is 0.907. The number of hydrogen-bond acceptors (Lipinski definition) is 4. The maximum atomic E-state index is 5.83. The van der Waals surface area contributed by atoms with E-state index in [2.05, 4.69) is 42.1 Å². The van der Waals surface area contributed by atoms with Crippen molar-refractivity contribution in [3.8, 4) is 10.8 Å². The summed E-state index contributed by atoms with van der Waals surface area (Å²) in [5, 5.41) is 7.52. The minimum Gasteiger partial charge on any atom is -0.418 e. The van der Waals surface area contributed by atoms with Crippen molar-refractivity contribution in [2.24, 2.45) is 0 Å². The molecule has 15 heavy (non-hydrogen) atoms. The first-order valence-corrected chi connectivity index (χ1v) is 6.84. The van der Waals surface area contributed by atoms with Crippen LogP contribution in [0.1, 0.15) is 18.2 Å². The summed E-state index contributed by atoms with van der Waals surface area (Å²) in [5.41, 5.74) is 0. The van der Waals surface area contributed by atoms with Crippen molar-refractivity contribution >= 4 is 54.8 Å². The molecule has 0 bridgehead atoms. The van der Waals surface area contributed by atoms with Crippen LogP contribution >= 0.6 is 54.8 Å². The first-order chi connectivity index (χ1) is 7.08. The van der Waals surface area contributed by atoms with Gasteiger partial charge in [0.2, 0.25) is 5.89 Å². The zero-order valence-electron chi connectivity index (χ0n) is 7.50. The highest BCUT2D eigenvalue weighted by atomic mass is 79.9. The lowest BCUT2D eigenvalue weighted by atomic mass is 10.5. The Hall–Kier alpha value is 0.0900. The molecule has 2 aromatic rings. The second-order valence-electron chi connectivity index (χ2n) is 2.79. The van der Waals surface area contributed by atoms with Gasteiger partial charge in [0.25, 0.3) is 5.89 Å². The minimum absolute atomic E-state index is 0.266. The van der Waals surface area contributed by atoms with Gasteiger partial charge in [0.1, 0.15) is 5.38 Å². The van der Waals surface area contributed by atoms with Crippen molar-refractivity contribution in [2.45, 2.75) is 12.3 Å². The lowest BCUT2D eigenvalue weighted by Gasteiger charge is -1.91. The molecule has 0 radical (unpaired) electrons. The van der Waals surface area contributed by atoms with Crippen LogP contribution in [0.15, 0.2) is 18.7 Å². The molecular formula is C8H5Br2ClN2OS. The van der Waals surface area contributed by atoms with Gasteiger partial charge in [0.15, 0.2) is 0 Å².